The second-order valence-electron chi connectivity index (χ2n) is 4.68. The van der Waals surface area contributed by atoms with Gasteiger partial charge in [0.1, 0.15) is 5.82 Å². The Bertz CT molecular complexity index is 702. The van der Waals surface area contributed by atoms with Crippen LogP contribution in [0.5, 0.6) is 0 Å². The van der Waals surface area contributed by atoms with Gasteiger partial charge in [-0.25, -0.2) is 4.39 Å². The Morgan fingerprint density at radius 2 is 1.82 bits per heavy atom. The van der Waals surface area contributed by atoms with Crippen molar-refractivity contribution >= 4 is 29.1 Å². The van der Waals surface area contributed by atoms with E-state index in [0.717, 1.165) is 11.6 Å². The maximum atomic E-state index is 13.0. The van der Waals surface area contributed by atoms with Gasteiger partial charge in [-0.1, -0.05) is 23.7 Å². The lowest BCUT2D eigenvalue weighted by atomic mass is 10.1. The maximum absolute atomic E-state index is 13.0. The van der Waals surface area contributed by atoms with Crippen molar-refractivity contribution in [3.05, 3.63) is 64.4 Å². The van der Waals surface area contributed by atoms with Crippen molar-refractivity contribution in [1.82, 2.24) is 5.32 Å². The average molecular weight is 321 g/mol. The van der Waals surface area contributed by atoms with E-state index in [4.69, 9.17) is 11.6 Å². The van der Waals surface area contributed by atoms with E-state index in [1.165, 1.54) is 19.1 Å². The first-order valence-corrected chi connectivity index (χ1v) is 6.93. The third-order valence-corrected chi connectivity index (χ3v) is 3.25. The molecule has 6 heteroatoms. The predicted molar refractivity (Wildman–Crippen MR) is 83.3 cm³/mol. The molecule has 0 saturated heterocycles. The third kappa shape index (κ3) is 4.30. The fourth-order valence-electron chi connectivity index (χ4n) is 1.79. The second kappa shape index (κ2) is 7.04. The third-order valence-electron chi connectivity index (χ3n) is 2.94. The molecule has 0 fully saturated rings. The van der Waals surface area contributed by atoms with Crippen LogP contribution in [-0.4, -0.2) is 11.8 Å². The van der Waals surface area contributed by atoms with Crippen LogP contribution >= 0.6 is 11.6 Å². The second-order valence-corrected chi connectivity index (χ2v) is 5.09. The first-order valence-electron chi connectivity index (χ1n) is 6.55. The molecule has 0 heterocycles. The molecule has 4 nitrogen and oxygen atoms in total. The highest BCUT2D eigenvalue weighted by Gasteiger charge is 2.09. The Kier molecular flexibility index (Phi) is 5.12. The molecular weight excluding hydrogens is 307 g/mol. The van der Waals surface area contributed by atoms with E-state index in [2.05, 4.69) is 10.6 Å². The van der Waals surface area contributed by atoms with Crippen molar-refractivity contribution in [3.63, 3.8) is 0 Å². The lowest BCUT2D eigenvalue weighted by Gasteiger charge is -2.08. The van der Waals surface area contributed by atoms with Gasteiger partial charge in [0.15, 0.2) is 0 Å². The fourth-order valence-corrected chi connectivity index (χ4v) is 2.00. The zero-order valence-electron chi connectivity index (χ0n) is 11.8. The van der Waals surface area contributed by atoms with E-state index in [0.29, 0.717) is 17.8 Å². The summed E-state index contributed by atoms with van der Waals surface area (Å²) < 4.78 is 13.0. The highest BCUT2D eigenvalue weighted by atomic mass is 35.5. The van der Waals surface area contributed by atoms with E-state index in [-0.39, 0.29) is 16.8 Å². The molecule has 0 unspecified atom stereocenters. The first-order chi connectivity index (χ1) is 10.5. The van der Waals surface area contributed by atoms with Crippen molar-refractivity contribution in [1.29, 1.82) is 0 Å². The largest absolute Gasteiger partial charge is 0.352 e. The van der Waals surface area contributed by atoms with Crippen molar-refractivity contribution in [2.24, 2.45) is 0 Å². The van der Waals surface area contributed by atoms with E-state index in [1.807, 2.05) is 0 Å². The van der Waals surface area contributed by atoms with Crippen LogP contribution < -0.4 is 10.6 Å². The molecule has 0 atom stereocenters. The van der Waals surface area contributed by atoms with Gasteiger partial charge in [0, 0.05) is 19.0 Å². The lowest BCUT2D eigenvalue weighted by Crippen LogP contribution is -2.19. The summed E-state index contributed by atoms with van der Waals surface area (Å²) in [5.74, 6) is -0.933. The molecule has 2 rings (SSSR count). The van der Waals surface area contributed by atoms with Crippen LogP contribution in [0, 0.1) is 5.82 Å². The normalized spacial score (nSPS) is 10.1. The minimum atomic E-state index is -0.467. The van der Waals surface area contributed by atoms with E-state index >= 15 is 0 Å². The van der Waals surface area contributed by atoms with Gasteiger partial charge in [-0.3, -0.25) is 9.59 Å². The van der Waals surface area contributed by atoms with Crippen molar-refractivity contribution in [2.75, 3.05) is 5.32 Å². The predicted octanol–water partition coefficient (Wildman–Crippen LogP) is 3.37. The Hall–Kier alpha value is -2.40. The number of anilines is 1. The standard InChI is InChI=1S/C16H14ClFN2O2/c1-10(21)19-9-11-2-4-12(5-3-11)16(22)20-15-7-6-13(18)8-14(15)17/h2-8H,9H2,1H3,(H,19,21)(H,20,22). The molecule has 2 N–H and O–H groups in total. The number of nitrogens with one attached hydrogen (secondary N) is 2. The number of rotatable bonds is 4. The zero-order valence-corrected chi connectivity index (χ0v) is 12.6. The van der Waals surface area contributed by atoms with E-state index in [9.17, 15) is 14.0 Å². The number of carbonyl (C=O) groups excluding carboxylic acids is 2. The molecule has 0 aliphatic rings. The van der Waals surface area contributed by atoms with E-state index < -0.39 is 5.82 Å². The molecule has 0 aromatic heterocycles. The summed E-state index contributed by atoms with van der Waals surface area (Å²) >= 11 is 5.86. The van der Waals surface area contributed by atoms with Crippen molar-refractivity contribution in [2.45, 2.75) is 13.5 Å². The van der Waals surface area contributed by atoms with Gasteiger partial charge < -0.3 is 10.6 Å². The summed E-state index contributed by atoms with van der Waals surface area (Å²) in [6, 6.07) is 10.5. The van der Waals surface area contributed by atoms with Crippen LogP contribution in [0.1, 0.15) is 22.8 Å². The van der Waals surface area contributed by atoms with Gasteiger partial charge in [0.05, 0.1) is 10.7 Å². The van der Waals surface area contributed by atoms with Gasteiger partial charge >= 0.3 is 0 Å². The maximum Gasteiger partial charge on any atom is 0.255 e. The highest BCUT2D eigenvalue weighted by Crippen LogP contribution is 2.23. The smallest absolute Gasteiger partial charge is 0.255 e. The summed E-state index contributed by atoms with van der Waals surface area (Å²) in [7, 11) is 0. The van der Waals surface area contributed by atoms with Crippen LogP contribution in [0.3, 0.4) is 0 Å². The van der Waals surface area contributed by atoms with Crippen LogP contribution in [0.2, 0.25) is 5.02 Å². The summed E-state index contributed by atoms with van der Waals surface area (Å²) in [4.78, 5) is 22.9. The molecule has 2 amide bonds. The van der Waals surface area contributed by atoms with Crippen molar-refractivity contribution < 1.29 is 14.0 Å². The quantitative estimate of drug-likeness (QED) is 0.907. The average Bonchev–Trinajstić information content (AvgIpc) is 2.48. The van der Waals surface area contributed by atoms with E-state index in [1.54, 1.807) is 24.3 Å². The van der Waals surface area contributed by atoms with Crippen LogP contribution in [0.4, 0.5) is 10.1 Å². The van der Waals surface area contributed by atoms with Gasteiger partial charge in [-0.05, 0) is 35.9 Å². The number of hydrogen-bond acceptors (Lipinski definition) is 2. The van der Waals surface area contributed by atoms with Crippen LogP contribution in [0.15, 0.2) is 42.5 Å². The van der Waals surface area contributed by atoms with Crippen LogP contribution in [0.25, 0.3) is 0 Å². The molecule has 0 saturated carbocycles. The molecular formula is C16H14ClFN2O2. The number of carbonyl (C=O) groups is 2. The highest BCUT2D eigenvalue weighted by molar-refractivity contribution is 6.33. The SMILES string of the molecule is CC(=O)NCc1ccc(C(=O)Nc2ccc(F)cc2Cl)cc1. The summed E-state index contributed by atoms with van der Waals surface area (Å²) in [5, 5.41) is 5.42. The zero-order chi connectivity index (χ0) is 16.1. The Morgan fingerprint density at radius 3 is 2.41 bits per heavy atom. The number of halogens is 2. The molecule has 2 aromatic carbocycles. The first kappa shape index (κ1) is 16.0. The number of amides is 2. The molecule has 0 spiro atoms. The Labute approximate surface area is 132 Å². The molecule has 114 valence electrons. The molecule has 2 aromatic rings. The molecule has 0 aliphatic heterocycles. The molecule has 0 radical (unpaired) electrons. The lowest BCUT2D eigenvalue weighted by molar-refractivity contribution is -0.119. The van der Waals surface area contributed by atoms with Crippen LogP contribution in [-0.2, 0) is 11.3 Å². The number of hydrogen-bond donors (Lipinski definition) is 2. The molecule has 22 heavy (non-hydrogen) atoms. The fraction of sp³-hybridized carbons (Fsp3) is 0.125. The van der Waals surface area contributed by atoms with Gasteiger partial charge in [0.25, 0.3) is 5.91 Å². The molecule has 0 bridgehead atoms. The Morgan fingerprint density at radius 1 is 1.14 bits per heavy atom. The molecule has 0 aliphatic carbocycles. The number of benzene rings is 2. The van der Waals surface area contributed by atoms with Gasteiger partial charge in [0.2, 0.25) is 5.91 Å². The summed E-state index contributed by atoms with van der Waals surface area (Å²) in [5.41, 5.74) is 1.66. The van der Waals surface area contributed by atoms with Gasteiger partial charge in [-0.15, -0.1) is 0 Å². The topological polar surface area (TPSA) is 58.2 Å². The Balaban J connectivity index is 2.04. The minimum absolute atomic E-state index is 0.118. The van der Waals surface area contributed by atoms with Crippen molar-refractivity contribution in [3.8, 4) is 0 Å². The minimum Gasteiger partial charge on any atom is -0.352 e. The van der Waals surface area contributed by atoms with Gasteiger partial charge in [-0.2, -0.15) is 0 Å². The summed E-state index contributed by atoms with van der Waals surface area (Å²) in [6.07, 6.45) is 0. The monoisotopic (exact) mass is 320 g/mol. The summed E-state index contributed by atoms with van der Waals surface area (Å²) in [6.45, 7) is 1.84.